The van der Waals surface area contributed by atoms with Crippen molar-refractivity contribution in [1.82, 2.24) is 14.9 Å². The summed E-state index contributed by atoms with van der Waals surface area (Å²) in [5.74, 6) is -2.19. The molecular formula is C28H30N6O5S. The van der Waals surface area contributed by atoms with E-state index in [4.69, 9.17) is 11.1 Å². The summed E-state index contributed by atoms with van der Waals surface area (Å²) in [6, 6.07) is 17.0. The van der Waals surface area contributed by atoms with Crippen LogP contribution in [0.5, 0.6) is 0 Å². The van der Waals surface area contributed by atoms with Gasteiger partial charge in [-0.05, 0) is 53.8 Å². The highest BCUT2D eigenvalue weighted by atomic mass is 32.2. The van der Waals surface area contributed by atoms with E-state index < -0.39 is 33.7 Å². The number of hydrogen-bond donors (Lipinski definition) is 4. The number of nitrogens with one attached hydrogen (secondary N) is 3. The maximum atomic E-state index is 13.5. The molecule has 0 spiro atoms. The number of fused-ring (bicyclic) bond motifs is 2. The van der Waals surface area contributed by atoms with E-state index >= 15 is 0 Å². The first-order valence-corrected chi connectivity index (χ1v) is 14.5. The largest absolute Gasteiger partial charge is 0.370 e. The number of nitrogens with zero attached hydrogens (tertiary/aromatic N) is 2. The van der Waals surface area contributed by atoms with Crippen LogP contribution in [-0.2, 0) is 19.6 Å². The van der Waals surface area contributed by atoms with Crippen LogP contribution in [0.15, 0.2) is 71.6 Å². The van der Waals surface area contributed by atoms with Crippen molar-refractivity contribution in [2.75, 3.05) is 31.1 Å². The minimum atomic E-state index is -4.20. The minimum Gasteiger partial charge on any atom is -0.370 e. The molecule has 5 rings (SSSR count). The van der Waals surface area contributed by atoms with Gasteiger partial charge >= 0.3 is 0 Å². The first kappa shape index (κ1) is 27.3. The van der Waals surface area contributed by atoms with Gasteiger partial charge in [0.2, 0.25) is 15.9 Å². The van der Waals surface area contributed by atoms with Gasteiger partial charge < -0.3 is 20.9 Å². The Balaban J connectivity index is 1.39. The summed E-state index contributed by atoms with van der Waals surface area (Å²) in [6.07, 6.45) is 1.61. The summed E-state index contributed by atoms with van der Waals surface area (Å²) in [5, 5.41) is 12.1. The molecular weight excluding hydrogens is 532 g/mol. The third kappa shape index (κ3) is 5.54. The van der Waals surface area contributed by atoms with Gasteiger partial charge in [-0.2, -0.15) is 4.72 Å². The molecule has 0 aliphatic carbocycles. The topological polar surface area (TPSA) is 166 Å². The second-order valence-corrected chi connectivity index (χ2v) is 11.7. The number of carbonyl (C=O) groups is 3. The summed E-state index contributed by atoms with van der Waals surface area (Å²) in [5.41, 5.74) is 6.16. The third-order valence-electron chi connectivity index (χ3n) is 7.31. The van der Waals surface area contributed by atoms with Crippen molar-refractivity contribution in [3.63, 3.8) is 0 Å². The number of hydrogen-bond acceptors (Lipinski definition) is 6. The van der Waals surface area contributed by atoms with Gasteiger partial charge in [0, 0.05) is 19.6 Å². The van der Waals surface area contributed by atoms with E-state index in [0.717, 1.165) is 23.1 Å². The van der Waals surface area contributed by atoms with Crippen LogP contribution in [0.4, 0.5) is 5.69 Å². The first-order chi connectivity index (χ1) is 19.1. The van der Waals surface area contributed by atoms with Crippen molar-refractivity contribution >= 4 is 50.0 Å². The van der Waals surface area contributed by atoms with Crippen LogP contribution in [0.1, 0.15) is 23.2 Å². The van der Waals surface area contributed by atoms with Crippen LogP contribution in [-0.4, -0.2) is 69.1 Å². The maximum absolute atomic E-state index is 13.5. The Hall–Kier alpha value is -4.29. The first-order valence-electron chi connectivity index (χ1n) is 13.0. The molecule has 2 unspecified atom stereocenters. The molecule has 0 aromatic heterocycles. The van der Waals surface area contributed by atoms with Gasteiger partial charge in [-0.3, -0.25) is 19.8 Å². The lowest BCUT2D eigenvalue weighted by molar-refractivity contribution is -0.122. The van der Waals surface area contributed by atoms with Gasteiger partial charge in [0.15, 0.2) is 5.96 Å². The van der Waals surface area contributed by atoms with Crippen LogP contribution in [0.25, 0.3) is 10.8 Å². The standard InChI is InChI=1S/C28H30N6O5S/c29-28(30)33-13-5-6-18(16-33)15-31-26(36)23(17-34-24-10-4-3-9-22(24)25(35)27(34)37)32-40(38,39)21-12-11-19-7-1-2-8-20(19)14-21/h1-4,7-12,14,18,23,32H,5-6,13,15-17H2,(H3,29,30)(H,31,36). The maximum Gasteiger partial charge on any atom is 0.299 e. The Morgan fingerprint density at radius 3 is 2.55 bits per heavy atom. The zero-order valence-corrected chi connectivity index (χ0v) is 22.5. The predicted octanol–water partition coefficient (Wildman–Crippen LogP) is 1.44. The number of anilines is 1. The zero-order chi connectivity index (χ0) is 28.4. The van der Waals surface area contributed by atoms with Crippen LogP contribution in [0.2, 0.25) is 0 Å². The average molecular weight is 563 g/mol. The van der Waals surface area contributed by atoms with Crippen LogP contribution >= 0.6 is 0 Å². The molecule has 40 heavy (non-hydrogen) atoms. The van der Waals surface area contributed by atoms with Crippen molar-refractivity contribution in [2.24, 2.45) is 11.7 Å². The van der Waals surface area contributed by atoms with Crippen molar-refractivity contribution in [1.29, 1.82) is 5.41 Å². The molecule has 12 heteroatoms. The Kier molecular flexibility index (Phi) is 7.55. The monoisotopic (exact) mass is 562 g/mol. The Morgan fingerprint density at radius 1 is 1.05 bits per heavy atom. The summed E-state index contributed by atoms with van der Waals surface area (Å²) in [7, 11) is -4.20. The number of guanidine groups is 1. The van der Waals surface area contributed by atoms with Gasteiger partial charge in [0.05, 0.1) is 22.7 Å². The number of Topliss-reactive ketones (excluding diaryl/α,β-unsaturated/α-hetero) is 1. The number of sulfonamides is 1. The summed E-state index contributed by atoms with van der Waals surface area (Å²) >= 11 is 0. The van der Waals surface area contributed by atoms with E-state index in [0.29, 0.717) is 24.2 Å². The lowest BCUT2D eigenvalue weighted by Crippen LogP contribution is -2.54. The second kappa shape index (κ2) is 11.1. The van der Waals surface area contributed by atoms with Crippen LogP contribution < -0.4 is 20.7 Å². The molecule has 11 nitrogen and oxygen atoms in total. The molecule has 5 N–H and O–H groups in total. The fourth-order valence-corrected chi connectivity index (χ4v) is 6.42. The van der Waals surface area contributed by atoms with Gasteiger partial charge in [-0.15, -0.1) is 0 Å². The molecule has 2 aliphatic rings. The van der Waals surface area contributed by atoms with E-state index in [2.05, 4.69) is 10.0 Å². The summed E-state index contributed by atoms with van der Waals surface area (Å²) in [4.78, 5) is 41.7. The zero-order valence-electron chi connectivity index (χ0n) is 21.7. The highest BCUT2D eigenvalue weighted by Gasteiger charge is 2.39. The van der Waals surface area contributed by atoms with Gasteiger partial charge in [-0.25, -0.2) is 8.42 Å². The summed E-state index contributed by atoms with van der Waals surface area (Å²) < 4.78 is 29.4. The number of amides is 2. The van der Waals surface area contributed by atoms with Crippen molar-refractivity contribution in [3.8, 4) is 0 Å². The molecule has 1 fully saturated rings. The summed E-state index contributed by atoms with van der Waals surface area (Å²) in [6.45, 7) is 1.03. The van der Waals surface area contributed by atoms with E-state index in [9.17, 15) is 22.8 Å². The molecule has 0 radical (unpaired) electrons. The number of benzene rings is 3. The lowest BCUT2D eigenvalue weighted by atomic mass is 9.98. The molecule has 2 heterocycles. The second-order valence-electron chi connectivity index (χ2n) is 10.0. The van der Waals surface area contributed by atoms with Crippen LogP contribution in [0, 0.1) is 11.3 Å². The molecule has 2 amide bonds. The number of para-hydroxylation sites is 1. The van der Waals surface area contributed by atoms with Crippen molar-refractivity contribution < 1.29 is 22.8 Å². The van der Waals surface area contributed by atoms with E-state index in [1.165, 1.54) is 18.2 Å². The van der Waals surface area contributed by atoms with Gasteiger partial charge in [-0.1, -0.05) is 42.5 Å². The van der Waals surface area contributed by atoms with Gasteiger partial charge in [0.25, 0.3) is 11.7 Å². The SMILES string of the molecule is N=C(N)N1CCCC(CNC(=O)C(CN2C(=O)C(=O)c3ccccc32)NS(=O)(=O)c2ccc3ccccc3c2)C1. The van der Waals surface area contributed by atoms with Crippen molar-refractivity contribution in [3.05, 3.63) is 72.3 Å². The molecule has 2 atom stereocenters. The Labute approximate surface area is 231 Å². The van der Waals surface area contributed by atoms with Crippen LogP contribution in [0.3, 0.4) is 0 Å². The predicted molar refractivity (Wildman–Crippen MR) is 150 cm³/mol. The van der Waals surface area contributed by atoms with E-state index in [-0.39, 0.29) is 35.4 Å². The van der Waals surface area contributed by atoms with Gasteiger partial charge in [0.1, 0.15) is 6.04 Å². The average Bonchev–Trinajstić information content (AvgIpc) is 3.20. The Morgan fingerprint density at radius 2 is 1.77 bits per heavy atom. The number of piperidine rings is 1. The normalized spacial score (nSPS) is 18.1. The molecule has 3 aromatic rings. The highest BCUT2D eigenvalue weighted by Crippen LogP contribution is 2.29. The van der Waals surface area contributed by atoms with E-state index in [1.807, 2.05) is 12.1 Å². The smallest absolute Gasteiger partial charge is 0.299 e. The minimum absolute atomic E-state index is 0.00932. The van der Waals surface area contributed by atoms with E-state index in [1.54, 1.807) is 41.3 Å². The fraction of sp³-hybridized carbons (Fsp3) is 0.286. The molecule has 3 aromatic carbocycles. The third-order valence-corrected chi connectivity index (χ3v) is 8.78. The lowest BCUT2D eigenvalue weighted by Gasteiger charge is -2.33. The fourth-order valence-electron chi connectivity index (χ4n) is 5.19. The molecule has 1 saturated heterocycles. The highest BCUT2D eigenvalue weighted by molar-refractivity contribution is 7.89. The quantitative estimate of drug-likeness (QED) is 0.183. The molecule has 208 valence electrons. The molecule has 0 bridgehead atoms. The number of nitrogens with two attached hydrogens (primary N) is 1. The number of ketones is 1. The Bertz CT molecular complexity index is 1610. The number of likely N-dealkylation sites (tertiary alicyclic amines) is 1. The molecule has 2 aliphatic heterocycles. The van der Waals surface area contributed by atoms with Crippen molar-refractivity contribution in [2.45, 2.75) is 23.8 Å². The molecule has 0 saturated carbocycles. The number of rotatable bonds is 8. The number of carbonyl (C=O) groups excluding carboxylic acids is 3.